The molecule has 2 aliphatic rings. The van der Waals surface area contributed by atoms with Crippen LogP contribution in [0.2, 0.25) is 0 Å². The summed E-state index contributed by atoms with van der Waals surface area (Å²) < 4.78 is 5.37. The van der Waals surface area contributed by atoms with Crippen LogP contribution in [0.4, 0.5) is 0 Å². The summed E-state index contributed by atoms with van der Waals surface area (Å²) in [4.78, 5) is 10.9. The van der Waals surface area contributed by atoms with Crippen molar-refractivity contribution in [2.24, 2.45) is 5.10 Å². The third kappa shape index (κ3) is 1.92. The molecule has 0 aromatic heterocycles. The monoisotopic (exact) mass is 227 g/mol. The Balaban J connectivity index is 2.10. The Hall–Kier alpha value is -1.44. The molecular formula is C9H13N3O4. The highest BCUT2D eigenvalue weighted by Gasteiger charge is 2.39. The molecule has 2 rings (SSSR count). The normalized spacial score (nSPS) is 34.4. The second kappa shape index (κ2) is 4.20. The van der Waals surface area contributed by atoms with Crippen molar-refractivity contribution in [1.82, 2.24) is 10.3 Å². The molecule has 88 valence electrons. The highest BCUT2D eigenvalue weighted by molar-refractivity contribution is 6.27. The first kappa shape index (κ1) is 11.1. The first-order valence-corrected chi connectivity index (χ1v) is 4.89. The van der Waals surface area contributed by atoms with Gasteiger partial charge in [0.1, 0.15) is 18.1 Å². The summed E-state index contributed by atoms with van der Waals surface area (Å²) in [6.45, 7) is 3.44. The number of hydrogen-bond acceptors (Lipinski definition) is 6. The van der Waals surface area contributed by atoms with E-state index in [0.29, 0.717) is 6.42 Å². The molecule has 0 aromatic rings. The van der Waals surface area contributed by atoms with Gasteiger partial charge < -0.3 is 20.3 Å². The molecule has 3 N–H and O–H groups in total. The molecule has 0 aromatic carbocycles. The third-order valence-corrected chi connectivity index (χ3v) is 2.45. The van der Waals surface area contributed by atoms with E-state index in [2.05, 4.69) is 17.0 Å². The Morgan fingerprint density at radius 1 is 1.75 bits per heavy atom. The van der Waals surface area contributed by atoms with Crippen LogP contribution in [0.3, 0.4) is 0 Å². The number of rotatable bonds is 2. The van der Waals surface area contributed by atoms with Crippen LogP contribution in [0.25, 0.3) is 0 Å². The zero-order chi connectivity index (χ0) is 11.7. The lowest BCUT2D eigenvalue weighted by molar-refractivity contribution is -0.118. The number of hydrazone groups is 1. The van der Waals surface area contributed by atoms with E-state index in [1.54, 1.807) is 0 Å². The summed E-state index contributed by atoms with van der Waals surface area (Å²) in [7, 11) is 0. The molecule has 1 fully saturated rings. The zero-order valence-corrected chi connectivity index (χ0v) is 8.54. The van der Waals surface area contributed by atoms with Gasteiger partial charge in [-0.05, 0) is 0 Å². The smallest absolute Gasteiger partial charge is 0.269 e. The molecule has 1 unspecified atom stereocenters. The van der Waals surface area contributed by atoms with Crippen LogP contribution in [-0.4, -0.2) is 52.4 Å². The van der Waals surface area contributed by atoms with Crippen LogP contribution in [0.15, 0.2) is 17.5 Å². The summed E-state index contributed by atoms with van der Waals surface area (Å²) in [5.74, 6) is -0.123. The van der Waals surface area contributed by atoms with Crippen molar-refractivity contribution in [3.63, 3.8) is 0 Å². The van der Waals surface area contributed by atoms with E-state index in [0.717, 1.165) is 6.21 Å². The van der Waals surface area contributed by atoms with Crippen molar-refractivity contribution < 1.29 is 19.7 Å². The largest absolute Gasteiger partial charge is 0.394 e. The van der Waals surface area contributed by atoms with Gasteiger partial charge in [0.25, 0.3) is 5.91 Å². The van der Waals surface area contributed by atoms with Crippen molar-refractivity contribution >= 4 is 12.1 Å². The number of carbonyl (C=O) groups excluding carboxylic acids is 1. The van der Waals surface area contributed by atoms with Crippen LogP contribution in [0, 0.1) is 0 Å². The Labute approximate surface area is 92.0 Å². The minimum Gasteiger partial charge on any atom is -0.394 e. The Morgan fingerprint density at radius 2 is 2.50 bits per heavy atom. The lowest BCUT2D eigenvalue weighted by atomic mass is 10.2. The van der Waals surface area contributed by atoms with E-state index in [9.17, 15) is 9.90 Å². The molecule has 0 bridgehead atoms. The second-order valence-corrected chi connectivity index (χ2v) is 3.66. The van der Waals surface area contributed by atoms with E-state index in [4.69, 9.17) is 9.84 Å². The standard InChI is InChI=1S/C9H13N3O4/c1-5-11-8(15)3-10-12(5)9-7(14)2-6(4-13)16-9/h3,6-7,9,13-14H,1-2,4H2,(H,11,15)/t6-,7?,9+/m0/s1. The van der Waals surface area contributed by atoms with Crippen molar-refractivity contribution in [1.29, 1.82) is 0 Å². The molecule has 7 nitrogen and oxygen atoms in total. The molecule has 7 heteroatoms. The highest BCUT2D eigenvalue weighted by atomic mass is 16.5. The van der Waals surface area contributed by atoms with Crippen molar-refractivity contribution in [3.8, 4) is 0 Å². The van der Waals surface area contributed by atoms with E-state index < -0.39 is 18.4 Å². The molecule has 0 saturated carbocycles. The number of nitrogens with one attached hydrogen (secondary N) is 1. The number of aliphatic hydroxyl groups excluding tert-OH is 2. The van der Waals surface area contributed by atoms with Crippen LogP contribution < -0.4 is 5.32 Å². The number of hydrogen-bond donors (Lipinski definition) is 3. The zero-order valence-electron chi connectivity index (χ0n) is 8.54. The molecule has 2 heterocycles. The van der Waals surface area contributed by atoms with Crippen LogP contribution in [0.5, 0.6) is 0 Å². The van der Waals surface area contributed by atoms with E-state index in [-0.39, 0.29) is 18.3 Å². The molecule has 2 aliphatic heterocycles. The van der Waals surface area contributed by atoms with E-state index >= 15 is 0 Å². The topological polar surface area (TPSA) is 94.4 Å². The summed E-state index contributed by atoms with van der Waals surface area (Å²) in [6.07, 6.45) is -0.506. The van der Waals surface area contributed by atoms with Crippen LogP contribution in [-0.2, 0) is 9.53 Å². The minimum atomic E-state index is -0.777. The number of amides is 1. The fourth-order valence-corrected chi connectivity index (χ4v) is 1.70. The summed E-state index contributed by atoms with van der Waals surface area (Å²) >= 11 is 0. The van der Waals surface area contributed by atoms with Gasteiger partial charge in [-0.25, -0.2) is 5.01 Å². The molecule has 1 amide bonds. The Morgan fingerprint density at radius 3 is 3.06 bits per heavy atom. The van der Waals surface area contributed by atoms with Gasteiger partial charge in [-0.2, -0.15) is 5.10 Å². The average Bonchev–Trinajstić information content (AvgIpc) is 2.60. The second-order valence-electron chi connectivity index (χ2n) is 3.66. The quantitative estimate of drug-likeness (QED) is 0.525. The van der Waals surface area contributed by atoms with Crippen LogP contribution in [0.1, 0.15) is 6.42 Å². The first-order chi connectivity index (χ1) is 7.61. The first-order valence-electron chi connectivity index (χ1n) is 4.89. The molecule has 0 aliphatic carbocycles. The molecular weight excluding hydrogens is 214 g/mol. The van der Waals surface area contributed by atoms with Gasteiger partial charge >= 0.3 is 0 Å². The van der Waals surface area contributed by atoms with E-state index in [1.807, 2.05) is 0 Å². The summed E-state index contributed by atoms with van der Waals surface area (Å²) in [5.41, 5.74) is 0. The fourth-order valence-electron chi connectivity index (χ4n) is 1.70. The molecule has 1 saturated heterocycles. The van der Waals surface area contributed by atoms with E-state index in [1.165, 1.54) is 5.01 Å². The van der Waals surface area contributed by atoms with Gasteiger partial charge in [-0.1, -0.05) is 6.58 Å². The van der Waals surface area contributed by atoms with Gasteiger partial charge in [0.15, 0.2) is 6.23 Å². The van der Waals surface area contributed by atoms with Gasteiger partial charge in [-0.15, -0.1) is 0 Å². The maximum absolute atomic E-state index is 10.9. The number of nitrogens with zero attached hydrogens (tertiary/aromatic N) is 2. The lowest BCUT2D eigenvalue weighted by Gasteiger charge is -2.30. The van der Waals surface area contributed by atoms with Gasteiger partial charge in [0, 0.05) is 6.42 Å². The minimum absolute atomic E-state index is 0.163. The van der Waals surface area contributed by atoms with Crippen molar-refractivity contribution in [2.75, 3.05) is 6.61 Å². The SMILES string of the molecule is C=C1NC(=O)C=NN1[C@@H]1O[C@H](CO)CC1O. The predicted octanol–water partition coefficient (Wildman–Crippen LogP) is -1.66. The van der Waals surface area contributed by atoms with Crippen molar-refractivity contribution in [3.05, 3.63) is 12.4 Å². The average molecular weight is 227 g/mol. The Kier molecular flexibility index (Phi) is 2.90. The summed E-state index contributed by atoms with van der Waals surface area (Å²) in [6, 6.07) is 0. The third-order valence-electron chi connectivity index (χ3n) is 2.45. The fraction of sp³-hybridized carbons (Fsp3) is 0.556. The van der Waals surface area contributed by atoms with Gasteiger partial charge in [0.05, 0.1) is 12.7 Å². The lowest BCUT2D eigenvalue weighted by Crippen LogP contribution is -2.46. The van der Waals surface area contributed by atoms with Gasteiger partial charge in [-0.3, -0.25) is 4.79 Å². The molecule has 3 atom stereocenters. The summed E-state index contributed by atoms with van der Waals surface area (Å²) in [5, 5.41) is 26.2. The Bertz CT molecular complexity index is 344. The highest BCUT2D eigenvalue weighted by Crippen LogP contribution is 2.25. The van der Waals surface area contributed by atoms with Crippen LogP contribution >= 0.6 is 0 Å². The number of carbonyl (C=O) groups is 1. The molecule has 16 heavy (non-hydrogen) atoms. The molecule has 0 spiro atoms. The number of aliphatic hydroxyl groups is 2. The van der Waals surface area contributed by atoms with Crippen molar-refractivity contribution in [2.45, 2.75) is 24.9 Å². The van der Waals surface area contributed by atoms with Gasteiger partial charge in [0.2, 0.25) is 0 Å². The predicted molar refractivity (Wildman–Crippen MR) is 54.0 cm³/mol. The number of ether oxygens (including phenoxy) is 1. The molecule has 0 radical (unpaired) electrons. The maximum atomic E-state index is 10.9. The maximum Gasteiger partial charge on any atom is 0.269 e.